The maximum atomic E-state index is 12.4. The first-order valence-corrected chi connectivity index (χ1v) is 13.0. The Hall–Kier alpha value is -3.44. The molecule has 10 nitrogen and oxygen atoms in total. The van der Waals surface area contributed by atoms with Crippen molar-refractivity contribution in [3.8, 4) is 11.1 Å². The minimum absolute atomic E-state index is 0.0935. The van der Waals surface area contributed by atoms with Crippen molar-refractivity contribution in [2.75, 3.05) is 32.3 Å². The molecule has 35 heavy (non-hydrogen) atoms. The van der Waals surface area contributed by atoms with Crippen molar-refractivity contribution in [3.05, 3.63) is 59.7 Å². The number of methoxy groups -OCH3 is 1. The fourth-order valence-corrected chi connectivity index (χ4v) is 4.63. The van der Waals surface area contributed by atoms with Crippen LogP contribution in [0.3, 0.4) is 0 Å². The Kier molecular flexibility index (Phi) is 8.47. The molecule has 2 aromatic rings. The van der Waals surface area contributed by atoms with E-state index in [0.717, 1.165) is 28.5 Å². The van der Waals surface area contributed by atoms with Crippen LogP contribution in [0.25, 0.3) is 11.1 Å². The van der Waals surface area contributed by atoms with E-state index in [4.69, 9.17) is 9.47 Å². The quantitative estimate of drug-likeness (QED) is 0.417. The average molecular weight is 505 g/mol. The highest BCUT2D eigenvalue weighted by Gasteiger charge is 2.30. The minimum atomic E-state index is -3.41. The Balaban J connectivity index is 1.54. The number of carboxylic acid groups (broad SMARTS) is 1. The van der Waals surface area contributed by atoms with Crippen molar-refractivity contribution in [2.24, 2.45) is 0 Å². The molecule has 2 amide bonds. The molecular weight excluding hydrogens is 476 g/mol. The summed E-state index contributed by atoms with van der Waals surface area (Å²) in [7, 11) is -2.17. The summed E-state index contributed by atoms with van der Waals surface area (Å²) in [4.78, 5) is 36.1. The Labute approximate surface area is 203 Å². The number of carbonyl (C=O) groups is 3. The molecule has 3 N–H and O–H groups in total. The summed E-state index contributed by atoms with van der Waals surface area (Å²) in [5.74, 6) is -2.70. The van der Waals surface area contributed by atoms with Gasteiger partial charge in [-0.1, -0.05) is 48.5 Å². The summed E-state index contributed by atoms with van der Waals surface area (Å²) < 4.78 is 33.1. The highest BCUT2D eigenvalue weighted by Crippen LogP contribution is 2.44. The van der Waals surface area contributed by atoms with Crippen molar-refractivity contribution in [3.63, 3.8) is 0 Å². The molecule has 3 rings (SSSR count). The maximum absolute atomic E-state index is 12.4. The van der Waals surface area contributed by atoms with Crippen LogP contribution in [0.1, 0.15) is 23.5 Å². The largest absolute Gasteiger partial charge is 0.480 e. The normalized spacial score (nSPS) is 14.3. The van der Waals surface area contributed by atoms with Crippen LogP contribution in [0.2, 0.25) is 0 Å². The second kappa shape index (κ2) is 11.3. The first kappa shape index (κ1) is 26.2. The highest BCUT2D eigenvalue weighted by atomic mass is 32.2. The van der Waals surface area contributed by atoms with Gasteiger partial charge in [0.05, 0.1) is 12.3 Å². The lowest BCUT2D eigenvalue weighted by molar-refractivity contribution is -0.143. The molecule has 188 valence electrons. The Morgan fingerprint density at radius 1 is 1.03 bits per heavy atom. The van der Waals surface area contributed by atoms with Crippen molar-refractivity contribution >= 4 is 27.8 Å². The smallest absolute Gasteiger partial charge is 0.407 e. The number of carbonyl (C=O) groups excluding carboxylic acids is 2. The minimum Gasteiger partial charge on any atom is -0.480 e. The van der Waals surface area contributed by atoms with Gasteiger partial charge in [0.1, 0.15) is 22.5 Å². The van der Waals surface area contributed by atoms with E-state index in [1.807, 2.05) is 48.5 Å². The van der Waals surface area contributed by atoms with Gasteiger partial charge in [-0.2, -0.15) is 0 Å². The molecule has 2 unspecified atom stereocenters. The van der Waals surface area contributed by atoms with E-state index in [9.17, 15) is 27.9 Å². The molecule has 0 heterocycles. The second-order valence-electron chi connectivity index (χ2n) is 8.25. The number of hydrogen-bond donors (Lipinski definition) is 3. The molecule has 1 aliphatic rings. The number of rotatable bonds is 11. The topological polar surface area (TPSA) is 148 Å². The van der Waals surface area contributed by atoms with E-state index >= 15 is 0 Å². The van der Waals surface area contributed by atoms with Crippen molar-refractivity contribution in [2.45, 2.75) is 24.5 Å². The Morgan fingerprint density at radius 3 is 2.11 bits per heavy atom. The van der Waals surface area contributed by atoms with Crippen molar-refractivity contribution < 1.29 is 37.4 Å². The number of nitrogens with one attached hydrogen (secondary N) is 2. The number of ether oxygens (including phenoxy) is 2. The van der Waals surface area contributed by atoms with Gasteiger partial charge in [0.25, 0.3) is 5.91 Å². The zero-order valence-electron chi connectivity index (χ0n) is 19.4. The van der Waals surface area contributed by atoms with Crippen LogP contribution in [0.15, 0.2) is 48.5 Å². The summed E-state index contributed by atoms with van der Waals surface area (Å²) in [6.07, 6.45) is -1.27. The van der Waals surface area contributed by atoms with Gasteiger partial charge >= 0.3 is 12.1 Å². The lowest BCUT2D eigenvalue weighted by Gasteiger charge is -2.20. The van der Waals surface area contributed by atoms with Gasteiger partial charge in [-0.05, 0) is 28.7 Å². The van der Waals surface area contributed by atoms with Crippen LogP contribution in [0.5, 0.6) is 0 Å². The molecule has 0 bridgehead atoms. The van der Waals surface area contributed by atoms with Crippen LogP contribution in [0.4, 0.5) is 4.79 Å². The third-order valence-electron chi connectivity index (χ3n) is 5.74. The number of aliphatic carboxylic acids is 1. The first-order chi connectivity index (χ1) is 16.6. The lowest BCUT2D eigenvalue weighted by Crippen LogP contribution is -2.50. The van der Waals surface area contributed by atoms with E-state index in [0.29, 0.717) is 0 Å². The van der Waals surface area contributed by atoms with Crippen molar-refractivity contribution in [1.29, 1.82) is 0 Å². The third kappa shape index (κ3) is 6.80. The van der Waals surface area contributed by atoms with E-state index in [1.54, 1.807) is 0 Å². The second-order valence-corrected chi connectivity index (χ2v) is 10.5. The molecule has 0 aromatic heterocycles. The van der Waals surface area contributed by atoms with Crippen LogP contribution < -0.4 is 10.6 Å². The number of carboxylic acids is 1. The number of fused-ring (bicyclic) bond motifs is 3. The van der Waals surface area contributed by atoms with Gasteiger partial charge in [-0.25, -0.2) is 18.0 Å². The Bertz CT molecular complexity index is 1150. The fraction of sp³-hybridized carbons (Fsp3) is 0.375. The predicted molar refractivity (Wildman–Crippen MR) is 128 cm³/mol. The van der Waals surface area contributed by atoms with Crippen molar-refractivity contribution in [1.82, 2.24) is 10.6 Å². The monoisotopic (exact) mass is 504 g/mol. The van der Waals surface area contributed by atoms with Crippen LogP contribution >= 0.6 is 0 Å². The zero-order valence-corrected chi connectivity index (χ0v) is 20.2. The van der Waals surface area contributed by atoms with E-state index < -0.39 is 45.7 Å². The number of hydrogen-bond acceptors (Lipinski definition) is 7. The molecule has 0 saturated carbocycles. The molecule has 0 spiro atoms. The Morgan fingerprint density at radius 2 is 1.60 bits per heavy atom. The molecule has 0 fully saturated rings. The molecule has 0 aliphatic heterocycles. The lowest BCUT2D eigenvalue weighted by atomic mass is 9.98. The molecule has 1 aliphatic carbocycles. The SMILES string of the molecule is COC(CNC(=O)OCC1c2ccccc2-c2ccccc21)C(=O)NC(CCS(C)(=O)=O)C(=O)O. The van der Waals surface area contributed by atoms with Crippen LogP contribution in [0, 0.1) is 0 Å². The van der Waals surface area contributed by atoms with E-state index in [1.165, 1.54) is 7.11 Å². The fourth-order valence-electron chi connectivity index (χ4n) is 3.96. The van der Waals surface area contributed by atoms with Gasteiger partial charge in [0.15, 0.2) is 6.10 Å². The molecule has 2 atom stereocenters. The predicted octanol–water partition coefficient (Wildman–Crippen LogP) is 1.54. The molecule has 11 heteroatoms. The summed E-state index contributed by atoms with van der Waals surface area (Å²) in [5.41, 5.74) is 4.31. The maximum Gasteiger partial charge on any atom is 0.407 e. The van der Waals surface area contributed by atoms with Gasteiger partial charge < -0.3 is 25.2 Å². The average Bonchev–Trinajstić information content (AvgIpc) is 3.13. The highest BCUT2D eigenvalue weighted by molar-refractivity contribution is 7.90. The molecule has 0 saturated heterocycles. The summed E-state index contributed by atoms with van der Waals surface area (Å²) in [5, 5.41) is 14.0. The molecular formula is C24H28N2O8S. The summed E-state index contributed by atoms with van der Waals surface area (Å²) in [6, 6.07) is 14.4. The third-order valence-corrected chi connectivity index (χ3v) is 6.72. The zero-order chi connectivity index (χ0) is 25.6. The molecule has 0 radical (unpaired) electrons. The summed E-state index contributed by atoms with van der Waals surface area (Å²) in [6.45, 7) is -0.173. The standard InChI is InChI=1S/C24H28N2O8S/c1-33-21(22(27)26-20(23(28)29)11-12-35(2,31)32)13-25-24(30)34-14-19-17-9-5-3-7-15(17)16-8-4-6-10-18(16)19/h3-10,19-21H,11-14H2,1-2H3,(H,25,30)(H,26,27)(H,28,29). The van der Waals surface area contributed by atoms with Gasteiger partial charge in [-0.15, -0.1) is 0 Å². The number of sulfone groups is 1. The van der Waals surface area contributed by atoms with Gasteiger partial charge in [0, 0.05) is 19.3 Å². The van der Waals surface area contributed by atoms with Gasteiger partial charge in [0.2, 0.25) is 0 Å². The summed E-state index contributed by atoms with van der Waals surface area (Å²) >= 11 is 0. The van der Waals surface area contributed by atoms with Crippen LogP contribution in [-0.2, 0) is 28.9 Å². The first-order valence-electron chi connectivity index (χ1n) is 10.9. The number of benzene rings is 2. The number of amides is 2. The van der Waals surface area contributed by atoms with E-state index in [2.05, 4.69) is 10.6 Å². The van der Waals surface area contributed by atoms with Crippen LogP contribution in [-0.4, -0.2) is 75.9 Å². The number of alkyl carbamates (subject to hydrolysis) is 1. The van der Waals surface area contributed by atoms with E-state index in [-0.39, 0.29) is 25.5 Å². The molecule has 2 aromatic carbocycles. The van der Waals surface area contributed by atoms with Gasteiger partial charge in [-0.3, -0.25) is 4.79 Å².